The third kappa shape index (κ3) is 5.16. The van der Waals surface area contributed by atoms with Crippen molar-refractivity contribution in [1.29, 1.82) is 0 Å². The normalized spacial score (nSPS) is 11.8. The lowest BCUT2D eigenvalue weighted by molar-refractivity contribution is 0.520. The van der Waals surface area contributed by atoms with Crippen molar-refractivity contribution in [2.24, 2.45) is 0 Å². The quantitative estimate of drug-likeness (QED) is 0.341. The first kappa shape index (κ1) is 23.2. The highest BCUT2D eigenvalue weighted by Crippen LogP contribution is 2.29. The van der Waals surface area contributed by atoms with Crippen molar-refractivity contribution in [2.75, 3.05) is 14.1 Å². The van der Waals surface area contributed by atoms with Gasteiger partial charge in [0.1, 0.15) is 5.82 Å². The summed E-state index contributed by atoms with van der Waals surface area (Å²) in [4.78, 5) is 0.239. The summed E-state index contributed by atoms with van der Waals surface area (Å²) in [6, 6.07) is 23.2. The predicted molar refractivity (Wildman–Crippen MR) is 128 cm³/mol. The smallest absolute Gasteiger partial charge is 0.242 e. The summed E-state index contributed by atoms with van der Waals surface area (Å²) in [5.74, 6) is 0.571. The van der Waals surface area contributed by atoms with E-state index in [1.54, 1.807) is 36.4 Å². The van der Waals surface area contributed by atoms with E-state index in [1.165, 1.54) is 36.2 Å². The zero-order valence-corrected chi connectivity index (χ0v) is 19.9. The molecule has 0 fully saturated rings. The van der Waals surface area contributed by atoms with Crippen LogP contribution in [0.25, 0.3) is 11.4 Å². The molecule has 0 atom stereocenters. The van der Waals surface area contributed by atoms with Crippen molar-refractivity contribution in [3.05, 3.63) is 95.8 Å². The Morgan fingerprint density at radius 2 is 1.61 bits per heavy atom. The molecule has 0 saturated carbocycles. The number of hydrogen-bond acceptors (Lipinski definition) is 5. The first-order valence-electron chi connectivity index (χ1n) is 10.2. The van der Waals surface area contributed by atoms with Crippen LogP contribution in [0.15, 0.2) is 88.9 Å². The van der Waals surface area contributed by atoms with Gasteiger partial charge in [-0.05, 0) is 35.4 Å². The molecule has 0 radical (unpaired) electrons. The Hall–Kier alpha value is -3.01. The standard InChI is InChI=1S/C24H23FN4O2S2/c1-28(2)33(30,31)20-12-8-11-19(15-20)17-32-24-27-26-23(21-13-6-7-14-22(21)25)29(24)16-18-9-4-3-5-10-18/h3-15H,16-17H2,1-2H3. The van der Waals surface area contributed by atoms with Crippen molar-refractivity contribution >= 4 is 21.8 Å². The summed E-state index contributed by atoms with van der Waals surface area (Å²) >= 11 is 1.43. The Bertz CT molecular complexity index is 1360. The van der Waals surface area contributed by atoms with E-state index in [2.05, 4.69) is 10.2 Å². The van der Waals surface area contributed by atoms with Gasteiger partial charge in [-0.25, -0.2) is 17.1 Å². The second-order valence-corrected chi connectivity index (χ2v) is 10.7. The second kappa shape index (κ2) is 9.86. The average Bonchev–Trinajstić information content (AvgIpc) is 3.21. The van der Waals surface area contributed by atoms with Gasteiger partial charge in [-0.15, -0.1) is 10.2 Å². The third-order valence-corrected chi connectivity index (χ3v) is 7.91. The van der Waals surface area contributed by atoms with Crippen LogP contribution in [0.3, 0.4) is 0 Å². The molecule has 6 nitrogen and oxygen atoms in total. The van der Waals surface area contributed by atoms with Crippen LogP contribution in [0.1, 0.15) is 11.1 Å². The fraction of sp³-hybridized carbons (Fsp3) is 0.167. The number of thioether (sulfide) groups is 1. The minimum absolute atomic E-state index is 0.239. The molecule has 0 bridgehead atoms. The van der Waals surface area contributed by atoms with Gasteiger partial charge in [0.25, 0.3) is 0 Å². The maximum absolute atomic E-state index is 14.5. The van der Waals surface area contributed by atoms with Gasteiger partial charge in [0, 0.05) is 19.8 Å². The van der Waals surface area contributed by atoms with Crippen molar-refractivity contribution < 1.29 is 12.8 Å². The van der Waals surface area contributed by atoms with Crippen molar-refractivity contribution in [1.82, 2.24) is 19.1 Å². The highest BCUT2D eigenvalue weighted by molar-refractivity contribution is 7.98. The molecule has 0 spiro atoms. The van der Waals surface area contributed by atoms with Gasteiger partial charge in [0.15, 0.2) is 11.0 Å². The predicted octanol–water partition coefficient (Wildman–Crippen LogP) is 4.68. The number of nitrogens with zero attached hydrogens (tertiary/aromatic N) is 4. The monoisotopic (exact) mass is 482 g/mol. The summed E-state index contributed by atoms with van der Waals surface area (Å²) in [7, 11) is -0.505. The Balaban J connectivity index is 1.65. The highest BCUT2D eigenvalue weighted by Gasteiger charge is 2.19. The number of benzene rings is 3. The van der Waals surface area contributed by atoms with Crippen LogP contribution in [0.4, 0.5) is 4.39 Å². The number of hydrogen-bond donors (Lipinski definition) is 0. The number of sulfonamides is 1. The van der Waals surface area contributed by atoms with Gasteiger partial charge in [-0.2, -0.15) is 0 Å². The molecule has 0 amide bonds. The van der Waals surface area contributed by atoms with Crippen LogP contribution in [0, 0.1) is 5.82 Å². The minimum atomic E-state index is -3.52. The molecule has 0 saturated heterocycles. The molecule has 9 heteroatoms. The lowest BCUT2D eigenvalue weighted by Gasteiger charge is -2.13. The highest BCUT2D eigenvalue weighted by atomic mass is 32.2. The second-order valence-electron chi connectivity index (χ2n) is 7.58. The molecule has 170 valence electrons. The first-order valence-corrected chi connectivity index (χ1v) is 12.6. The number of halogens is 1. The molecule has 0 unspecified atom stereocenters. The van der Waals surface area contributed by atoms with Crippen LogP contribution in [0.5, 0.6) is 0 Å². The number of aromatic nitrogens is 3. The maximum Gasteiger partial charge on any atom is 0.242 e. The molecule has 33 heavy (non-hydrogen) atoms. The van der Waals surface area contributed by atoms with Crippen LogP contribution >= 0.6 is 11.8 Å². The SMILES string of the molecule is CN(C)S(=O)(=O)c1cccc(CSc2nnc(-c3ccccc3F)n2Cc2ccccc2)c1. The maximum atomic E-state index is 14.5. The summed E-state index contributed by atoms with van der Waals surface area (Å²) < 4.78 is 42.5. The summed E-state index contributed by atoms with van der Waals surface area (Å²) in [6.07, 6.45) is 0. The Kier molecular flexibility index (Phi) is 6.92. The lowest BCUT2D eigenvalue weighted by atomic mass is 10.2. The zero-order valence-electron chi connectivity index (χ0n) is 18.2. The molecule has 4 rings (SSSR count). The summed E-state index contributed by atoms with van der Waals surface area (Å²) in [6.45, 7) is 0.481. The van der Waals surface area contributed by atoms with Gasteiger partial charge < -0.3 is 0 Å². The van der Waals surface area contributed by atoms with E-state index in [-0.39, 0.29) is 10.7 Å². The van der Waals surface area contributed by atoms with E-state index in [4.69, 9.17) is 0 Å². The van der Waals surface area contributed by atoms with Crippen molar-refractivity contribution in [3.63, 3.8) is 0 Å². The molecule has 0 aliphatic rings. The van der Waals surface area contributed by atoms with E-state index in [0.29, 0.717) is 28.8 Å². The Morgan fingerprint density at radius 1 is 0.909 bits per heavy atom. The zero-order chi connectivity index (χ0) is 23.4. The lowest BCUT2D eigenvalue weighted by Crippen LogP contribution is -2.22. The van der Waals surface area contributed by atoms with Crippen LogP contribution in [-0.4, -0.2) is 41.6 Å². The molecule has 1 heterocycles. The van der Waals surface area contributed by atoms with Gasteiger partial charge in [-0.3, -0.25) is 4.57 Å². The van der Waals surface area contributed by atoms with Gasteiger partial charge in [0.2, 0.25) is 10.0 Å². The van der Waals surface area contributed by atoms with Crippen LogP contribution in [-0.2, 0) is 22.3 Å². The molecular formula is C24H23FN4O2S2. The van der Waals surface area contributed by atoms with E-state index in [9.17, 15) is 12.8 Å². The van der Waals surface area contributed by atoms with Crippen LogP contribution in [0.2, 0.25) is 0 Å². The molecule has 3 aromatic carbocycles. The molecule has 0 aliphatic heterocycles. The summed E-state index contributed by atoms with van der Waals surface area (Å²) in [5.41, 5.74) is 2.26. The third-order valence-electron chi connectivity index (χ3n) is 5.06. The van der Waals surface area contributed by atoms with E-state index >= 15 is 0 Å². The topological polar surface area (TPSA) is 68.1 Å². The largest absolute Gasteiger partial charge is 0.297 e. The first-order chi connectivity index (χ1) is 15.9. The molecule has 4 aromatic rings. The van der Waals surface area contributed by atoms with E-state index < -0.39 is 10.0 Å². The fourth-order valence-corrected chi connectivity index (χ4v) is 5.15. The van der Waals surface area contributed by atoms with Gasteiger partial charge in [0.05, 0.1) is 17.0 Å². The summed E-state index contributed by atoms with van der Waals surface area (Å²) in [5, 5.41) is 9.24. The Labute approximate surface area is 197 Å². The molecular weight excluding hydrogens is 459 g/mol. The van der Waals surface area contributed by atoms with Crippen molar-refractivity contribution in [2.45, 2.75) is 22.3 Å². The molecule has 1 aromatic heterocycles. The van der Waals surface area contributed by atoms with E-state index in [1.807, 2.05) is 41.0 Å². The van der Waals surface area contributed by atoms with E-state index in [0.717, 1.165) is 11.1 Å². The fourth-order valence-electron chi connectivity index (χ4n) is 3.30. The Morgan fingerprint density at radius 3 is 2.33 bits per heavy atom. The number of rotatable bonds is 8. The van der Waals surface area contributed by atoms with Crippen LogP contribution < -0.4 is 0 Å². The minimum Gasteiger partial charge on any atom is -0.297 e. The average molecular weight is 483 g/mol. The van der Waals surface area contributed by atoms with Gasteiger partial charge >= 0.3 is 0 Å². The van der Waals surface area contributed by atoms with Crippen molar-refractivity contribution in [3.8, 4) is 11.4 Å². The molecule has 0 aliphatic carbocycles. The molecule has 0 N–H and O–H groups in total. The van der Waals surface area contributed by atoms with Gasteiger partial charge in [-0.1, -0.05) is 66.4 Å².